The van der Waals surface area contributed by atoms with Crippen molar-refractivity contribution in [3.63, 3.8) is 0 Å². The highest BCUT2D eigenvalue weighted by Gasteiger charge is 2.30. The molecule has 3 aliphatic heterocycles. The number of benzene rings is 1. The highest BCUT2D eigenvalue weighted by molar-refractivity contribution is 5.86. The molecule has 1 unspecified atom stereocenters. The summed E-state index contributed by atoms with van der Waals surface area (Å²) in [4.78, 5) is 20.8. The third kappa shape index (κ3) is 4.83. The van der Waals surface area contributed by atoms with E-state index in [9.17, 15) is 0 Å². The van der Waals surface area contributed by atoms with E-state index in [0.29, 0.717) is 0 Å². The summed E-state index contributed by atoms with van der Waals surface area (Å²) < 4.78 is 0. The molecule has 3 aromatic heterocycles. The van der Waals surface area contributed by atoms with Crippen LogP contribution in [0.5, 0.6) is 0 Å². The summed E-state index contributed by atoms with van der Waals surface area (Å²) in [6.45, 7) is 11.3. The van der Waals surface area contributed by atoms with Gasteiger partial charge < -0.3 is 19.7 Å². The molecular formula is C32H40N8. The Bertz CT molecular complexity index is 1460. The highest BCUT2D eigenvalue weighted by atomic mass is 15.3. The molecular weight excluding hydrogens is 496 g/mol. The normalized spacial score (nSPS) is 20.7. The maximum absolute atomic E-state index is 4.88. The van der Waals surface area contributed by atoms with Crippen molar-refractivity contribution >= 4 is 22.7 Å². The molecule has 0 amide bonds. The first-order valence-electron chi connectivity index (χ1n) is 15.1. The molecule has 1 N–H and O–H groups in total. The number of nitrogens with zero attached hydrogens (tertiary/aromatic N) is 7. The number of anilines is 2. The third-order valence-corrected chi connectivity index (χ3v) is 9.41. The number of hydrogen-bond acceptors (Lipinski definition) is 7. The van der Waals surface area contributed by atoms with Gasteiger partial charge in [-0.15, -0.1) is 10.2 Å². The van der Waals surface area contributed by atoms with Gasteiger partial charge in [-0.05, 0) is 70.2 Å². The Balaban J connectivity index is 1.06. The van der Waals surface area contributed by atoms with Crippen LogP contribution < -0.4 is 9.80 Å². The number of fused-ring (bicyclic) bond motifs is 3. The number of aromatic amines is 1. The number of nitrogens with one attached hydrogen (secondary N) is 1. The Labute approximate surface area is 236 Å². The predicted molar refractivity (Wildman–Crippen MR) is 161 cm³/mol. The van der Waals surface area contributed by atoms with Crippen LogP contribution in [-0.2, 0) is 6.42 Å². The summed E-state index contributed by atoms with van der Waals surface area (Å²) >= 11 is 0. The molecule has 0 bridgehead atoms. The molecule has 2 saturated heterocycles. The topological polar surface area (TPSA) is 77.1 Å². The smallest absolute Gasteiger partial charge is 0.225 e. The molecule has 2 fully saturated rings. The van der Waals surface area contributed by atoms with Crippen molar-refractivity contribution in [2.45, 2.75) is 58.4 Å². The average molecular weight is 537 g/mol. The molecule has 4 aromatic rings. The van der Waals surface area contributed by atoms with E-state index in [1.807, 2.05) is 12.4 Å². The molecule has 7 rings (SSSR count). The van der Waals surface area contributed by atoms with Crippen LogP contribution in [0, 0.1) is 12.8 Å². The van der Waals surface area contributed by atoms with Crippen LogP contribution in [0.2, 0.25) is 0 Å². The Morgan fingerprint density at radius 1 is 0.925 bits per heavy atom. The van der Waals surface area contributed by atoms with Gasteiger partial charge in [-0.3, -0.25) is 0 Å². The first kappa shape index (κ1) is 25.4. The second kappa shape index (κ2) is 10.8. The zero-order valence-electron chi connectivity index (χ0n) is 23.8. The molecule has 0 aliphatic carbocycles. The fraction of sp³-hybridized carbons (Fsp3) is 0.500. The largest absolute Gasteiger partial charge is 0.369 e. The van der Waals surface area contributed by atoms with E-state index < -0.39 is 0 Å². The van der Waals surface area contributed by atoms with Crippen LogP contribution in [0.25, 0.3) is 22.3 Å². The Hall–Kier alpha value is -3.52. The van der Waals surface area contributed by atoms with Gasteiger partial charge in [0.25, 0.3) is 0 Å². The summed E-state index contributed by atoms with van der Waals surface area (Å²) in [6.07, 6.45) is 11.7. The molecule has 0 saturated carbocycles. The summed E-state index contributed by atoms with van der Waals surface area (Å²) in [6, 6.07) is 10.7. The molecule has 8 heteroatoms. The lowest BCUT2D eigenvalue weighted by Crippen LogP contribution is -2.40. The number of piperidine rings is 2. The maximum atomic E-state index is 4.88. The van der Waals surface area contributed by atoms with Gasteiger partial charge in [0.2, 0.25) is 5.95 Å². The van der Waals surface area contributed by atoms with Gasteiger partial charge in [0.15, 0.2) is 5.65 Å². The molecule has 8 nitrogen and oxygen atoms in total. The summed E-state index contributed by atoms with van der Waals surface area (Å²) in [5, 5.41) is 10.3. The fourth-order valence-corrected chi connectivity index (χ4v) is 7.09. The minimum atomic E-state index is 0.141. The lowest BCUT2D eigenvalue weighted by Gasteiger charge is -2.37. The van der Waals surface area contributed by atoms with Gasteiger partial charge >= 0.3 is 0 Å². The monoisotopic (exact) mass is 536 g/mol. The predicted octanol–water partition coefficient (Wildman–Crippen LogP) is 5.55. The van der Waals surface area contributed by atoms with Crippen molar-refractivity contribution in [1.29, 1.82) is 0 Å². The number of aromatic nitrogens is 5. The minimum Gasteiger partial charge on any atom is -0.369 e. The van der Waals surface area contributed by atoms with E-state index in [1.54, 1.807) is 0 Å². The molecule has 1 aromatic carbocycles. The van der Waals surface area contributed by atoms with Crippen molar-refractivity contribution in [1.82, 2.24) is 30.0 Å². The van der Waals surface area contributed by atoms with Gasteiger partial charge in [0, 0.05) is 54.8 Å². The van der Waals surface area contributed by atoms with E-state index in [0.717, 1.165) is 65.9 Å². The van der Waals surface area contributed by atoms with Crippen LogP contribution in [-0.4, -0.2) is 69.3 Å². The quantitative estimate of drug-likeness (QED) is 0.358. The molecule has 1 atom stereocenters. The van der Waals surface area contributed by atoms with Crippen molar-refractivity contribution < 1.29 is 0 Å². The van der Waals surface area contributed by atoms with Crippen LogP contribution >= 0.6 is 0 Å². The Morgan fingerprint density at radius 2 is 1.70 bits per heavy atom. The first-order valence-corrected chi connectivity index (χ1v) is 15.1. The summed E-state index contributed by atoms with van der Waals surface area (Å²) in [7, 11) is 0. The van der Waals surface area contributed by atoms with E-state index in [1.165, 1.54) is 68.6 Å². The fourth-order valence-electron chi connectivity index (χ4n) is 7.09. The summed E-state index contributed by atoms with van der Waals surface area (Å²) in [5.41, 5.74) is 7.79. The van der Waals surface area contributed by atoms with E-state index in [2.05, 4.69) is 74.1 Å². The van der Waals surface area contributed by atoms with Gasteiger partial charge in [-0.2, -0.15) is 0 Å². The number of aryl methyl sites for hydroxylation is 1. The zero-order chi connectivity index (χ0) is 27.1. The van der Waals surface area contributed by atoms with Gasteiger partial charge in [0.1, 0.15) is 0 Å². The second-order valence-corrected chi connectivity index (χ2v) is 12.0. The standard InChI is InChI=1S/C32H40N8/c1-22-8-4-5-9-26(22)29-18-27-30-23(2)40(17-12-28(30)35-31(27)37-36-29)32-33-19-25(20-34-32)39-15-10-24(11-16-39)21-38-13-6-3-7-14-38/h4-5,8-9,18-20,23-24H,3,6-7,10-17,21H2,1-2H3,(H,35,37). The van der Waals surface area contributed by atoms with Crippen molar-refractivity contribution in [2.75, 3.05) is 49.1 Å². The Kier molecular flexibility index (Phi) is 6.87. The van der Waals surface area contributed by atoms with Crippen LogP contribution in [0.15, 0.2) is 42.7 Å². The highest BCUT2D eigenvalue weighted by Crippen LogP contribution is 2.38. The molecule has 6 heterocycles. The number of rotatable bonds is 5. The van der Waals surface area contributed by atoms with Crippen LogP contribution in [0.3, 0.4) is 0 Å². The summed E-state index contributed by atoms with van der Waals surface area (Å²) in [5.74, 6) is 1.63. The number of hydrogen-bond donors (Lipinski definition) is 1. The van der Waals surface area contributed by atoms with Gasteiger partial charge in [-0.1, -0.05) is 30.7 Å². The molecule has 0 radical (unpaired) electrons. The van der Waals surface area contributed by atoms with Crippen molar-refractivity contribution in [3.8, 4) is 11.3 Å². The molecule has 208 valence electrons. The van der Waals surface area contributed by atoms with E-state index in [4.69, 9.17) is 9.97 Å². The SMILES string of the molecule is Cc1ccccc1-c1cc2c3c([nH]c2nn1)CCN(c1ncc(N2CCC(CN4CCCCC4)CC2)cn1)C3C. The second-order valence-electron chi connectivity index (χ2n) is 12.0. The zero-order valence-corrected chi connectivity index (χ0v) is 23.8. The molecule has 3 aliphatic rings. The van der Waals surface area contributed by atoms with Gasteiger partial charge in [0.05, 0.1) is 29.8 Å². The maximum Gasteiger partial charge on any atom is 0.225 e. The third-order valence-electron chi connectivity index (χ3n) is 9.41. The first-order chi connectivity index (χ1) is 19.6. The lowest BCUT2D eigenvalue weighted by molar-refractivity contribution is 0.181. The van der Waals surface area contributed by atoms with E-state index in [-0.39, 0.29) is 6.04 Å². The van der Waals surface area contributed by atoms with Crippen LogP contribution in [0.4, 0.5) is 11.6 Å². The molecule has 0 spiro atoms. The molecule has 40 heavy (non-hydrogen) atoms. The number of likely N-dealkylation sites (tertiary alicyclic amines) is 1. The lowest BCUT2D eigenvalue weighted by atomic mass is 9.95. The van der Waals surface area contributed by atoms with Gasteiger partial charge in [-0.25, -0.2) is 9.97 Å². The minimum absolute atomic E-state index is 0.141. The Morgan fingerprint density at radius 3 is 2.48 bits per heavy atom. The number of H-pyrrole nitrogens is 1. The van der Waals surface area contributed by atoms with Crippen molar-refractivity contribution in [2.24, 2.45) is 5.92 Å². The average Bonchev–Trinajstić information content (AvgIpc) is 3.37. The van der Waals surface area contributed by atoms with Crippen molar-refractivity contribution in [3.05, 3.63) is 59.5 Å². The van der Waals surface area contributed by atoms with E-state index >= 15 is 0 Å². The van der Waals surface area contributed by atoms with Crippen LogP contribution in [0.1, 0.15) is 61.9 Å².